The Hall–Kier alpha value is -1.97. The minimum atomic E-state index is -4.58. The summed E-state index contributed by atoms with van der Waals surface area (Å²) in [5.74, 6) is 0. The average Bonchev–Trinajstić information content (AvgIpc) is 2.53. The molecule has 24 heavy (non-hydrogen) atoms. The number of alkyl halides is 3. The number of pyridine rings is 1. The van der Waals surface area contributed by atoms with Gasteiger partial charge in [0.15, 0.2) is 0 Å². The summed E-state index contributed by atoms with van der Waals surface area (Å²) in [6, 6.07) is 6.79. The highest BCUT2D eigenvalue weighted by Crippen LogP contribution is 2.31. The Morgan fingerprint density at radius 1 is 1.25 bits per heavy atom. The molecule has 0 aliphatic carbocycles. The van der Waals surface area contributed by atoms with Gasteiger partial charge in [-0.25, -0.2) is 13.1 Å². The first-order valence-corrected chi connectivity index (χ1v) is 8.30. The zero-order valence-electron chi connectivity index (χ0n) is 12.7. The van der Waals surface area contributed by atoms with Gasteiger partial charge < -0.3 is 4.74 Å². The smallest absolute Gasteiger partial charge is 0.380 e. The van der Waals surface area contributed by atoms with Gasteiger partial charge in [0.05, 0.1) is 17.1 Å². The van der Waals surface area contributed by atoms with E-state index in [9.17, 15) is 21.6 Å². The third-order valence-electron chi connectivity index (χ3n) is 3.18. The first-order valence-electron chi connectivity index (χ1n) is 6.81. The third-order valence-corrected chi connectivity index (χ3v) is 4.58. The van der Waals surface area contributed by atoms with Crippen molar-refractivity contribution in [3.05, 3.63) is 59.4 Å². The minimum Gasteiger partial charge on any atom is -0.380 e. The van der Waals surface area contributed by atoms with Crippen molar-refractivity contribution in [1.82, 2.24) is 9.71 Å². The van der Waals surface area contributed by atoms with E-state index >= 15 is 0 Å². The standard InChI is InChI=1S/C15H15F3N2O3S/c1-23-10-11-3-2-4-13(7-11)24(21,22)20-9-12-8-19-6-5-14(12)15(16,17)18/h2-8,20H,9-10H2,1H3. The Bertz CT molecular complexity index is 808. The van der Waals surface area contributed by atoms with Gasteiger partial charge in [0.1, 0.15) is 0 Å². The topological polar surface area (TPSA) is 68.3 Å². The lowest BCUT2D eigenvalue weighted by Crippen LogP contribution is -2.25. The molecule has 1 N–H and O–H groups in total. The first kappa shape index (κ1) is 18.4. The zero-order valence-corrected chi connectivity index (χ0v) is 13.5. The molecular weight excluding hydrogens is 345 g/mol. The Labute approximate surface area is 137 Å². The molecule has 9 heteroatoms. The highest BCUT2D eigenvalue weighted by atomic mass is 32.2. The number of sulfonamides is 1. The fraction of sp³-hybridized carbons (Fsp3) is 0.267. The van der Waals surface area contributed by atoms with Crippen molar-refractivity contribution in [1.29, 1.82) is 0 Å². The number of aromatic nitrogens is 1. The van der Waals surface area contributed by atoms with Crippen molar-refractivity contribution < 1.29 is 26.3 Å². The molecule has 0 saturated heterocycles. The molecule has 2 aromatic rings. The number of halogens is 3. The highest BCUT2D eigenvalue weighted by molar-refractivity contribution is 7.89. The summed E-state index contributed by atoms with van der Waals surface area (Å²) in [7, 11) is -2.49. The van der Waals surface area contributed by atoms with Crippen LogP contribution in [0.25, 0.3) is 0 Å². The SMILES string of the molecule is COCc1cccc(S(=O)(=O)NCc2cnccc2C(F)(F)F)c1. The maximum atomic E-state index is 12.9. The lowest BCUT2D eigenvalue weighted by molar-refractivity contribution is -0.138. The summed E-state index contributed by atoms with van der Waals surface area (Å²) in [5, 5.41) is 0. The quantitative estimate of drug-likeness (QED) is 0.860. The van der Waals surface area contributed by atoms with Crippen molar-refractivity contribution in [3.8, 4) is 0 Å². The van der Waals surface area contributed by atoms with Crippen LogP contribution in [-0.4, -0.2) is 20.5 Å². The lowest BCUT2D eigenvalue weighted by atomic mass is 10.1. The number of ether oxygens (including phenoxy) is 1. The summed E-state index contributed by atoms with van der Waals surface area (Å²) >= 11 is 0. The summed E-state index contributed by atoms with van der Waals surface area (Å²) in [6.07, 6.45) is -2.58. The molecule has 0 aliphatic rings. The van der Waals surface area contributed by atoms with Crippen LogP contribution in [0, 0.1) is 0 Å². The molecule has 5 nitrogen and oxygen atoms in total. The number of methoxy groups -OCH3 is 1. The molecule has 0 bridgehead atoms. The zero-order chi connectivity index (χ0) is 17.8. The van der Waals surface area contributed by atoms with Gasteiger partial charge in [0.2, 0.25) is 10.0 Å². The van der Waals surface area contributed by atoms with Crippen molar-refractivity contribution in [2.75, 3.05) is 7.11 Å². The second-order valence-electron chi connectivity index (χ2n) is 4.94. The molecule has 0 aliphatic heterocycles. The summed E-state index contributed by atoms with van der Waals surface area (Å²) in [4.78, 5) is 3.57. The van der Waals surface area contributed by atoms with Crippen molar-refractivity contribution in [3.63, 3.8) is 0 Å². The largest absolute Gasteiger partial charge is 0.416 e. The fourth-order valence-corrected chi connectivity index (χ4v) is 3.15. The molecule has 1 aromatic heterocycles. The second kappa shape index (κ2) is 7.29. The minimum absolute atomic E-state index is 0.0468. The van der Waals surface area contributed by atoms with E-state index in [4.69, 9.17) is 4.74 Å². The first-order chi connectivity index (χ1) is 11.2. The van der Waals surface area contributed by atoms with Crippen molar-refractivity contribution >= 4 is 10.0 Å². The molecular formula is C15H15F3N2O3S. The number of hydrogen-bond donors (Lipinski definition) is 1. The van der Waals surface area contributed by atoms with Crippen LogP contribution in [0.15, 0.2) is 47.6 Å². The van der Waals surface area contributed by atoms with Crippen LogP contribution in [-0.2, 0) is 34.1 Å². The summed E-state index contributed by atoms with van der Waals surface area (Å²) in [5.41, 5.74) is -0.535. The van der Waals surface area contributed by atoms with Crippen molar-refractivity contribution in [2.24, 2.45) is 0 Å². The van der Waals surface area contributed by atoms with Crippen LogP contribution in [0.1, 0.15) is 16.7 Å². The molecule has 0 spiro atoms. The van der Waals surface area contributed by atoms with Gasteiger partial charge in [-0.15, -0.1) is 0 Å². The molecule has 0 radical (unpaired) electrons. The second-order valence-corrected chi connectivity index (χ2v) is 6.70. The van der Waals surface area contributed by atoms with Crippen LogP contribution in [0.2, 0.25) is 0 Å². The molecule has 0 saturated carbocycles. The number of benzene rings is 1. The van der Waals surface area contributed by atoms with E-state index in [1.54, 1.807) is 6.07 Å². The molecule has 2 rings (SSSR count). The average molecular weight is 360 g/mol. The Kier molecular flexibility index (Phi) is 5.58. The predicted molar refractivity (Wildman–Crippen MR) is 80.4 cm³/mol. The van der Waals surface area contributed by atoms with Crippen LogP contribution in [0.4, 0.5) is 13.2 Å². The maximum Gasteiger partial charge on any atom is 0.416 e. The van der Waals surface area contributed by atoms with Gasteiger partial charge in [-0.05, 0) is 29.3 Å². The van der Waals surface area contributed by atoms with E-state index in [0.717, 1.165) is 18.5 Å². The van der Waals surface area contributed by atoms with E-state index in [2.05, 4.69) is 9.71 Å². The van der Waals surface area contributed by atoms with Crippen LogP contribution in [0.3, 0.4) is 0 Å². The third kappa shape index (κ3) is 4.53. The van der Waals surface area contributed by atoms with Gasteiger partial charge in [-0.3, -0.25) is 4.98 Å². The monoisotopic (exact) mass is 360 g/mol. The fourth-order valence-electron chi connectivity index (χ4n) is 2.07. The Morgan fingerprint density at radius 3 is 2.67 bits per heavy atom. The van der Waals surface area contributed by atoms with E-state index in [-0.39, 0.29) is 17.1 Å². The van der Waals surface area contributed by atoms with Gasteiger partial charge in [0, 0.05) is 26.0 Å². The van der Waals surface area contributed by atoms with E-state index in [1.165, 1.54) is 25.3 Å². The maximum absolute atomic E-state index is 12.9. The van der Waals surface area contributed by atoms with Crippen LogP contribution >= 0.6 is 0 Å². The molecule has 1 aromatic carbocycles. The van der Waals surface area contributed by atoms with Gasteiger partial charge in [-0.2, -0.15) is 13.2 Å². The van der Waals surface area contributed by atoms with Crippen LogP contribution < -0.4 is 4.72 Å². The molecule has 0 amide bonds. The Balaban J connectivity index is 2.21. The van der Waals surface area contributed by atoms with Crippen molar-refractivity contribution in [2.45, 2.75) is 24.2 Å². The van der Waals surface area contributed by atoms with Gasteiger partial charge in [-0.1, -0.05) is 12.1 Å². The molecule has 130 valence electrons. The summed E-state index contributed by atoms with van der Waals surface area (Å²) < 4.78 is 70.4. The number of nitrogens with zero attached hydrogens (tertiary/aromatic N) is 1. The molecule has 0 atom stereocenters. The number of rotatable bonds is 6. The van der Waals surface area contributed by atoms with E-state index in [0.29, 0.717) is 5.56 Å². The highest BCUT2D eigenvalue weighted by Gasteiger charge is 2.33. The lowest BCUT2D eigenvalue weighted by Gasteiger charge is -2.13. The van der Waals surface area contributed by atoms with Gasteiger partial charge >= 0.3 is 6.18 Å². The van der Waals surface area contributed by atoms with Gasteiger partial charge in [0.25, 0.3) is 0 Å². The summed E-state index contributed by atoms with van der Waals surface area (Å²) in [6.45, 7) is -0.288. The van der Waals surface area contributed by atoms with Crippen LogP contribution in [0.5, 0.6) is 0 Å². The van der Waals surface area contributed by atoms with E-state index in [1.807, 2.05) is 0 Å². The normalized spacial score (nSPS) is 12.3. The molecule has 1 heterocycles. The molecule has 0 fully saturated rings. The molecule has 0 unspecified atom stereocenters. The van der Waals surface area contributed by atoms with E-state index < -0.39 is 28.3 Å². The Morgan fingerprint density at radius 2 is 2.00 bits per heavy atom. The predicted octanol–water partition coefficient (Wildman–Crippen LogP) is 2.73. The number of nitrogens with one attached hydrogen (secondary N) is 1. The number of hydrogen-bond acceptors (Lipinski definition) is 4.